The van der Waals surface area contributed by atoms with Crippen LogP contribution in [-0.4, -0.2) is 17.7 Å². The molecular formula is C16H18F2INO3. The summed E-state index contributed by atoms with van der Waals surface area (Å²) in [4.78, 5) is 12.0. The third-order valence-corrected chi connectivity index (χ3v) is 3.83. The van der Waals surface area contributed by atoms with E-state index >= 15 is 0 Å². The molecule has 1 heterocycles. The van der Waals surface area contributed by atoms with Crippen LogP contribution in [0.3, 0.4) is 0 Å². The van der Waals surface area contributed by atoms with Gasteiger partial charge < -0.3 is 14.8 Å². The van der Waals surface area contributed by atoms with Crippen molar-refractivity contribution in [1.29, 1.82) is 0 Å². The van der Waals surface area contributed by atoms with E-state index in [1.807, 2.05) is 43.4 Å². The van der Waals surface area contributed by atoms with E-state index in [9.17, 15) is 13.6 Å². The van der Waals surface area contributed by atoms with Crippen LogP contribution in [0.15, 0.2) is 28.0 Å². The normalized spacial score (nSPS) is 22.8. The second-order valence-corrected chi connectivity index (χ2v) is 6.93. The number of carbonyl (C=O) groups is 1. The summed E-state index contributed by atoms with van der Waals surface area (Å²) >= 11 is 1.99. The van der Waals surface area contributed by atoms with Crippen LogP contribution in [0.25, 0.3) is 0 Å². The van der Waals surface area contributed by atoms with Crippen LogP contribution in [0.5, 0.6) is 0 Å². The van der Waals surface area contributed by atoms with Crippen molar-refractivity contribution in [3.63, 3.8) is 0 Å². The Morgan fingerprint density at radius 3 is 2.74 bits per heavy atom. The summed E-state index contributed by atoms with van der Waals surface area (Å²) in [5.74, 6) is -0.612. The van der Waals surface area contributed by atoms with E-state index in [1.165, 1.54) is 0 Å². The Morgan fingerprint density at radius 2 is 2.13 bits per heavy atom. The van der Waals surface area contributed by atoms with Crippen molar-refractivity contribution in [1.82, 2.24) is 5.32 Å². The van der Waals surface area contributed by atoms with Crippen molar-refractivity contribution >= 4 is 28.7 Å². The first-order valence-corrected chi connectivity index (χ1v) is 8.34. The maximum absolute atomic E-state index is 14.0. The first-order valence-electron chi connectivity index (χ1n) is 7.09. The van der Waals surface area contributed by atoms with Gasteiger partial charge in [0.2, 0.25) is 0 Å². The predicted molar refractivity (Wildman–Crippen MR) is 90.1 cm³/mol. The van der Waals surface area contributed by atoms with Crippen LogP contribution >= 0.6 is 22.6 Å². The Morgan fingerprint density at radius 1 is 1.43 bits per heavy atom. The van der Waals surface area contributed by atoms with Gasteiger partial charge >= 0.3 is 6.09 Å². The molecule has 0 aliphatic carbocycles. The fraction of sp³-hybridized carbons (Fsp3) is 0.438. The van der Waals surface area contributed by atoms with Gasteiger partial charge in [0.15, 0.2) is 12.2 Å². The van der Waals surface area contributed by atoms with Crippen molar-refractivity contribution in [2.75, 3.05) is 0 Å². The monoisotopic (exact) mass is 437 g/mol. The van der Waals surface area contributed by atoms with Gasteiger partial charge in [-0.1, -0.05) is 0 Å². The quantitative estimate of drug-likeness (QED) is 0.689. The molecule has 1 N–H and O–H groups in total. The molecule has 0 saturated carbocycles. The Kier molecular flexibility index (Phi) is 5.49. The lowest BCUT2D eigenvalue weighted by molar-refractivity contribution is 0.0315. The molecule has 1 aliphatic heterocycles. The summed E-state index contributed by atoms with van der Waals surface area (Å²) in [6.45, 7) is 5.46. The number of rotatable bonds is 2. The maximum atomic E-state index is 14.0. The highest BCUT2D eigenvalue weighted by atomic mass is 127. The van der Waals surface area contributed by atoms with Gasteiger partial charge in [-0.15, -0.1) is 0 Å². The summed E-state index contributed by atoms with van der Waals surface area (Å²) in [7, 11) is 0. The number of ether oxygens (including phenoxy) is 2. The number of hydrogen-bond donors (Lipinski definition) is 1. The van der Waals surface area contributed by atoms with Crippen molar-refractivity contribution < 1.29 is 23.0 Å². The molecule has 126 valence electrons. The molecule has 2 rings (SSSR count). The molecule has 1 aliphatic rings. The fourth-order valence-electron chi connectivity index (χ4n) is 2.24. The lowest BCUT2D eigenvalue weighted by Gasteiger charge is -2.24. The fourth-order valence-corrected chi connectivity index (χ4v) is 2.64. The Bertz CT molecular complexity index is 628. The van der Waals surface area contributed by atoms with E-state index in [0.29, 0.717) is 12.2 Å². The second kappa shape index (κ2) is 7.02. The molecule has 0 spiro atoms. The summed E-state index contributed by atoms with van der Waals surface area (Å²) in [5.41, 5.74) is -0.426. The van der Waals surface area contributed by atoms with Gasteiger partial charge in [0.25, 0.3) is 0 Å². The molecular weight excluding hydrogens is 419 g/mol. The van der Waals surface area contributed by atoms with Crippen LogP contribution in [-0.2, 0) is 9.47 Å². The number of halogens is 3. The topological polar surface area (TPSA) is 47.6 Å². The minimum atomic E-state index is -0.877. The second-order valence-electron chi connectivity index (χ2n) is 6.30. The Labute approximate surface area is 147 Å². The highest BCUT2D eigenvalue weighted by Gasteiger charge is 2.38. The smallest absolute Gasteiger partial charge is 0.407 e. The molecule has 23 heavy (non-hydrogen) atoms. The van der Waals surface area contributed by atoms with E-state index in [0.717, 1.165) is 18.2 Å². The Hall–Kier alpha value is -1.38. The number of hydrogen-bond acceptors (Lipinski definition) is 3. The number of alkyl carbamates (subject to hydrolysis) is 1. The van der Waals surface area contributed by atoms with Crippen LogP contribution < -0.4 is 5.32 Å². The molecule has 0 bridgehead atoms. The number of amides is 1. The molecule has 1 aromatic carbocycles. The van der Waals surface area contributed by atoms with E-state index < -0.39 is 35.5 Å². The van der Waals surface area contributed by atoms with Gasteiger partial charge in [-0.2, -0.15) is 0 Å². The molecule has 4 nitrogen and oxygen atoms in total. The van der Waals surface area contributed by atoms with E-state index in [2.05, 4.69) is 5.32 Å². The van der Waals surface area contributed by atoms with E-state index in [-0.39, 0.29) is 5.56 Å². The number of carbonyl (C=O) groups excluding carboxylic acids is 1. The highest BCUT2D eigenvalue weighted by Crippen LogP contribution is 2.39. The average Bonchev–Trinajstić information content (AvgIpc) is 2.82. The number of nitrogens with one attached hydrogen (secondary N) is 1. The van der Waals surface area contributed by atoms with Gasteiger partial charge in [0, 0.05) is 21.6 Å². The maximum Gasteiger partial charge on any atom is 0.407 e. The molecule has 0 unspecified atom stereocenters. The summed E-state index contributed by atoms with van der Waals surface area (Å²) < 4.78 is 40.1. The minimum absolute atomic E-state index is 0.0341. The SMILES string of the molecule is CC(C)(C)NC(=O)O[C@H]1CC(=CI)O[C@@H]1c1cc(F)ccc1F. The van der Waals surface area contributed by atoms with Gasteiger partial charge in [-0.25, -0.2) is 13.6 Å². The van der Waals surface area contributed by atoms with Gasteiger partial charge in [0.1, 0.15) is 17.4 Å². The van der Waals surface area contributed by atoms with Gasteiger partial charge in [0.05, 0.1) is 0 Å². The van der Waals surface area contributed by atoms with Crippen LogP contribution in [0.4, 0.5) is 13.6 Å². The van der Waals surface area contributed by atoms with Crippen LogP contribution in [0.1, 0.15) is 38.9 Å². The molecule has 1 saturated heterocycles. The molecule has 2 atom stereocenters. The molecule has 1 amide bonds. The van der Waals surface area contributed by atoms with Crippen molar-refractivity contribution in [3.05, 3.63) is 45.2 Å². The first-order chi connectivity index (χ1) is 10.7. The third-order valence-electron chi connectivity index (χ3n) is 3.14. The highest BCUT2D eigenvalue weighted by molar-refractivity contribution is 14.1. The zero-order valence-corrected chi connectivity index (χ0v) is 15.2. The van der Waals surface area contributed by atoms with E-state index in [1.54, 1.807) is 4.08 Å². The third kappa shape index (κ3) is 4.79. The molecule has 0 aromatic heterocycles. The largest absolute Gasteiger partial charge is 0.485 e. The zero-order valence-electron chi connectivity index (χ0n) is 13.0. The van der Waals surface area contributed by atoms with Crippen LogP contribution in [0, 0.1) is 11.6 Å². The minimum Gasteiger partial charge on any atom is -0.485 e. The standard InChI is InChI=1S/C16H18F2INO3/c1-16(2,3)20-15(21)23-13-7-10(8-19)22-14(13)11-6-9(17)4-5-12(11)18/h4-6,8,13-14H,7H2,1-3H3,(H,20,21)/t13-,14+/m0/s1. The molecule has 0 radical (unpaired) electrons. The van der Waals surface area contributed by atoms with Crippen LogP contribution in [0.2, 0.25) is 0 Å². The Balaban J connectivity index is 2.22. The van der Waals surface area contributed by atoms with Crippen molar-refractivity contribution in [2.45, 2.75) is 44.9 Å². The lowest BCUT2D eigenvalue weighted by atomic mass is 10.0. The summed E-state index contributed by atoms with van der Waals surface area (Å²) in [6, 6.07) is 3.13. The van der Waals surface area contributed by atoms with Crippen molar-refractivity contribution in [3.8, 4) is 0 Å². The predicted octanol–water partition coefficient (Wildman–Crippen LogP) is 4.60. The van der Waals surface area contributed by atoms with E-state index in [4.69, 9.17) is 9.47 Å². The average molecular weight is 437 g/mol. The molecule has 1 fully saturated rings. The molecule has 1 aromatic rings. The van der Waals surface area contributed by atoms with Gasteiger partial charge in [-0.05, 0) is 61.6 Å². The lowest BCUT2D eigenvalue weighted by Crippen LogP contribution is -2.42. The summed E-state index contributed by atoms with van der Waals surface area (Å²) in [5, 5.41) is 2.67. The van der Waals surface area contributed by atoms with Gasteiger partial charge in [-0.3, -0.25) is 0 Å². The first kappa shape index (κ1) is 18.0. The summed E-state index contributed by atoms with van der Waals surface area (Å²) in [6.07, 6.45) is -1.92. The molecule has 7 heteroatoms. The number of benzene rings is 1. The zero-order chi connectivity index (χ0) is 17.2. The van der Waals surface area contributed by atoms with Crippen molar-refractivity contribution in [2.24, 2.45) is 0 Å².